The number of halogens is 1. The molecule has 0 bridgehead atoms. The molecule has 0 amide bonds. The zero-order chi connectivity index (χ0) is 25.5. The van der Waals surface area contributed by atoms with Gasteiger partial charge in [-0.1, -0.05) is 42.3 Å². The van der Waals surface area contributed by atoms with Crippen LogP contribution < -0.4 is 9.62 Å². The number of nitrogens with one attached hydrogen (secondary N) is 1. The maximum absolute atomic E-state index is 12.8. The van der Waals surface area contributed by atoms with Gasteiger partial charge in [0.05, 0.1) is 22.2 Å². The topological polar surface area (TPSA) is 72.9 Å². The van der Waals surface area contributed by atoms with Gasteiger partial charge in [0, 0.05) is 25.7 Å². The van der Waals surface area contributed by atoms with Crippen molar-refractivity contribution in [3.05, 3.63) is 58.6 Å². The number of unbranched alkanes of at least 4 members (excludes halogenated alkanes) is 1. The first-order chi connectivity index (χ1) is 17.4. The Morgan fingerprint density at radius 2 is 1.81 bits per heavy atom. The van der Waals surface area contributed by atoms with E-state index in [0.29, 0.717) is 23.5 Å². The molecular weight excluding hydrogens is 494 g/mol. The summed E-state index contributed by atoms with van der Waals surface area (Å²) in [5.41, 5.74) is 3.10. The van der Waals surface area contributed by atoms with Crippen LogP contribution in [0.1, 0.15) is 68.9 Å². The molecule has 6 nitrogen and oxygen atoms in total. The number of rotatable bonds is 10. The fourth-order valence-corrected chi connectivity index (χ4v) is 7.10. The summed E-state index contributed by atoms with van der Waals surface area (Å²) in [5, 5.41) is 10.1. The van der Waals surface area contributed by atoms with E-state index >= 15 is 0 Å². The molecular formula is C28H40ClN3O3S. The Kier molecular flexibility index (Phi) is 9.70. The second kappa shape index (κ2) is 12.7. The van der Waals surface area contributed by atoms with E-state index in [1.807, 2.05) is 24.3 Å². The minimum absolute atomic E-state index is 0.0594. The second-order valence-electron chi connectivity index (χ2n) is 10.2. The van der Waals surface area contributed by atoms with Gasteiger partial charge in [0.1, 0.15) is 0 Å². The van der Waals surface area contributed by atoms with E-state index < -0.39 is 10.0 Å². The molecule has 2 aromatic rings. The second-order valence-corrected chi connectivity index (χ2v) is 12.4. The van der Waals surface area contributed by atoms with E-state index in [0.717, 1.165) is 63.1 Å². The lowest BCUT2D eigenvalue weighted by Crippen LogP contribution is -2.38. The summed E-state index contributed by atoms with van der Waals surface area (Å²) in [6.07, 6.45) is 7.59. The first kappa shape index (κ1) is 27.4. The van der Waals surface area contributed by atoms with Crippen molar-refractivity contribution in [2.24, 2.45) is 0 Å². The normalized spacial score (nSPS) is 20.1. The third kappa shape index (κ3) is 6.81. The average Bonchev–Trinajstić information content (AvgIpc) is 2.89. The van der Waals surface area contributed by atoms with Crippen LogP contribution in [0.5, 0.6) is 0 Å². The molecule has 2 aliphatic rings. The molecule has 2 N–H and O–H groups in total. The lowest BCUT2D eigenvalue weighted by Gasteiger charge is -2.35. The maximum atomic E-state index is 12.8. The largest absolute Gasteiger partial charge is 0.392 e. The molecule has 1 atom stereocenters. The highest BCUT2D eigenvalue weighted by molar-refractivity contribution is 7.89. The smallest absolute Gasteiger partial charge is 0.240 e. The number of hydrogen-bond donors (Lipinski definition) is 2. The van der Waals surface area contributed by atoms with Gasteiger partial charge in [-0.3, -0.25) is 0 Å². The highest BCUT2D eigenvalue weighted by Crippen LogP contribution is 2.35. The van der Waals surface area contributed by atoms with E-state index in [1.165, 1.54) is 24.8 Å². The molecule has 2 aliphatic heterocycles. The standard InChI is InChI=1S/C28H40ClN3O3S/c1-22-8-4-6-16-31(22)17-7-5-15-30-36(34,35)25-11-12-28(27(29)20-25)32-18-13-23(14-19-32)26-10-3-2-9-24(26)21-33/h2-3,9-12,20,22-23,30,33H,4-8,13-19,21H2,1H3. The number of hydrogen-bond acceptors (Lipinski definition) is 5. The highest BCUT2D eigenvalue weighted by Gasteiger charge is 2.25. The summed E-state index contributed by atoms with van der Waals surface area (Å²) in [7, 11) is -3.59. The van der Waals surface area contributed by atoms with Crippen LogP contribution in [0, 0.1) is 0 Å². The van der Waals surface area contributed by atoms with Crippen molar-refractivity contribution in [2.45, 2.75) is 75.3 Å². The fourth-order valence-electron chi connectivity index (χ4n) is 5.64. The lowest BCUT2D eigenvalue weighted by molar-refractivity contribution is 0.158. The van der Waals surface area contributed by atoms with Crippen molar-refractivity contribution in [2.75, 3.05) is 37.6 Å². The number of sulfonamides is 1. The molecule has 0 saturated carbocycles. The molecule has 1 unspecified atom stereocenters. The molecule has 2 fully saturated rings. The van der Waals surface area contributed by atoms with Crippen LogP contribution in [-0.4, -0.2) is 57.2 Å². The summed E-state index contributed by atoms with van der Waals surface area (Å²) in [4.78, 5) is 4.96. The van der Waals surface area contributed by atoms with Crippen LogP contribution in [0.4, 0.5) is 5.69 Å². The number of piperidine rings is 2. The summed E-state index contributed by atoms with van der Waals surface area (Å²) in [6, 6.07) is 13.8. The molecule has 0 radical (unpaired) electrons. The molecule has 0 spiro atoms. The van der Waals surface area contributed by atoms with Crippen LogP contribution in [-0.2, 0) is 16.6 Å². The number of aliphatic hydroxyl groups excluding tert-OH is 1. The molecule has 2 heterocycles. The average molecular weight is 534 g/mol. The van der Waals surface area contributed by atoms with Gasteiger partial charge >= 0.3 is 0 Å². The minimum atomic E-state index is -3.59. The van der Waals surface area contributed by atoms with Crippen molar-refractivity contribution in [1.29, 1.82) is 0 Å². The highest BCUT2D eigenvalue weighted by atomic mass is 35.5. The third-order valence-corrected chi connectivity index (χ3v) is 9.60. The van der Waals surface area contributed by atoms with Crippen molar-refractivity contribution >= 4 is 27.3 Å². The van der Waals surface area contributed by atoms with Gasteiger partial charge in [0.25, 0.3) is 0 Å². The molecule has 0 aromatic heterocycles. The van der Waals surface area contributed by atoms with E-state index in [2.05, 4.69) is 27.5 Å². The van der Waals surface area contributed by atoms with Crippen LogP contribution in [0.2, 0.25) is 5.02 Å². The van der Waals surface area contributed by atoms with Gasteiger partial charge in [-0.2, -0.15) is 0 Å². The lowest BCUT2D eigenvalue weighted by atomic mass is 9.86. The van der Waals surface area contributed by atoms with Gasteiger partial charge in [0.2, 0.25) is 10.0 Å². The Labute approximate surface area is 221 Å². The van der Waals surface area contributed by atoms with Crippen LogP contribution in [0.3, 0.4) is 0 Å². The molecule has 0 aliphatic carbocycles. The van der Waals surface area contributed by atoms with Gasteiger partial charge in [-0.15, -0.1) is 0 Å². The quantitative estimate of drug-likeness (QED) is 0.413. The predicted octanol–water partition coefficient (Wildman–Crippen LogP) is 5.15. The molecule has 4 rings (SSSR count). The van der Waals surface area contributed by atoms with E-state index in [9.17, 15) is 13.5 Å². The van der Waals surface area contributed by atoms with E-state index in [-0.39, 0.29) is 11.5 Å². The molecule has 2 aromatic carbocycles. The van der Waals surface area contributed by atoms with E-state index in [4.69, 9.17) is 11.6 Å². The zero-order valence-corrected chi connectivity index (χ0v) is 22.9. The first-order valence-electron chi connectivity index (χ1n) is 13.4. The first-order valence-corrected chi connectivity index (χ1v) is 15.2. The minimum Gasteiger partial charge on any atom is -0.392 e. The number of anilines is 1. The van der Waals surface area contributed by atoms with Crippen LogP contribution in [0.25, 0.3) is 0 Å². The number of nitrogens with zero attached hydrogens (tertiary/aromatic N) is 2. The summed E-state index contributed by atoms with van der Waals surface area (Å²) < 4.78 is 28.4. The van der Waals surface area contributed by atoms with Gasteiger partial charge < -0.3 is 14.9 Å². The van der Waals surface area contributed by atoms with Crippen LogP contribution in [0.15, 0.2) is 47.4 Å². The van der Waals surface area contributed by atoms with Crippen molar-refractivity contribution in [3.8, 4) is 0 Å². The molecule has 8 heteroatoms. The molecule has 198 valence electrons. The zero-order valence-electron chi connectivity index (χ0n) is 21.3. The maximum Gasteiger partial charge on any atom is 0.240 e. The number of benzene rings is 2. The molecule has 2 saturated heterocycles. The van der Waals surface area contributed by atoms with Crippen molar-refractivity contribution < 1.29 is 13.5 Å². The van der Waals surface area contributed by atoms with Crippen molar-refractivity contribution in [3.63, 3.8) is 0 Å². The SMILES string of the molecule is CC1CCCCN1CCCCNS(=O)(=O)c1ccc(N2CCC(c3ccccc3CO)CC2)c(Cl)c1. The third-order valence-electron chi connectivity index (χ3n) is 7.84. The van der Waals surface area contributed by atoms with Gasteiger partial charge in [-0.05, 0) is 93.8 Å². The van der Waals surface area contributed by atoms with E-state index in [1.54, 1.807) is 12.1 Å². The fraction of sp³-hybridized carbons (Fsp3) is 0.571. The van der Waals surface area contributed by atoms with Gasteiger partial charge in [0.15, 0.2) is 0 Å². The van der Waals surface area contributed by atoms with Gasteiger partial charge in [-0.25, -0.2) is 13.1 Å². The Balaban J connectivity index is 1.28. The Hall–Kier alpha value is -1.64. The Morgan fingerprint density at radius 1 is 1.03 bits per heavy atom. The van der Waals surface area contributed by atoms with Crippen LogP contribution >= 0.6 is 11.6 Å². The molecule has 36 heavy (non-hydrogen) atoms. The summed E-state index contributed by atoms with van der Waals surface area (Å²) in [6.45, 7) is 6.65. The Morgan fingerprint density at radius 3 is 2.53 bits per heavy atom. The Bertz CT molecular complexity index is 1100. The predicted molar refractivity (Wildman–Crippen MR) is 147 cm³/mol. The number of likely N-dealkylation sites (tertiary alicyclic amines) is 1. The number of aliphatic hydroxyl groups is 1. The van der Waals surface area contributed by atoms with Crippen molar-refractivity contribution in [1.82, 2.24) is 9.62 Å². The summed E-state index contributed by atoms with van der Waals surface area (Å²) >= 11 is 6.58. The summed E-state index contributed by atoms with van der Waals surface area (Å²) in [5.74, 6) is 0.408. The monoisotopic (exact) mass is 533 g/mol.